The Balaban J connectivity index is 2.39. The summed E-state index contributed by atoms with van der Waals surface area (Å²) >= 11 is 1.66. The van der Waals surface area contributed by atoms with E-state index in [1.165, 1.54) is 4.70 Å². The van der Waals surface area contributed by atoms with Crippen molar-refractivity contribution < 1.29 is 0 Å². The van der Waals surface area contributed by atoms with Gasteiger partial charge in [-0.2, -0.15) is 0 Å². The first-order valence-electron chi connectivity index (χ1n) is 5.28. The van der Waals surface area contributed by atoms with Crippen LogP contribution >= 0.6 is 11.3 Å². The Labute approximate surface area is 97.5 Å². The lowest BCUT2D eigenvalue weighted by atomic mass is 9.96. The largest absolute Gasteiger partial charge is 0.340 e. The van der Waals surface area contributed by atoms with E-state index in [0.29, 0.717) is 0 Å². The number of rotatable bonds is 0. The van der Waals surface area contributed by atoms with Crippen molar-refractivity contribution in [3.63, 3.8) is 0 Å². The number of imidazole rings is 1. The maximum absolute atomic E-state index is 4.64. The lowest BCUT2D eigenvalue weighted by Gasteiger charge is -2.13. The molecule has 0 fully saturated rings. The summed E-state index contributed by atoms with van der Waals surface area (Å²) in [4.78, 5) is 12.4. The molecule has 0 amide bonds. The van der Waals surface area contributed by atoms with Gasteiger partial charge in [-0.15, -0.1) is 11.3 Å². The van der Waals surface area contributed by atoms with Gasteiger partial charge in [-0.1, -0.05) is 20.8 Å². The molecule has 0 aliphatic rings. The number of aromatic nitrogens is 3. The molecule has 0 atom stereocenters. The molecule has 0 aliphatic carbocycles. The first kappa shape index (κ1) is 9.78. The number of hydrogen-bond donors (Lipinski definition) is 1. The van der Waals surface area contributed by atoms with E-state index in [0.717, 1.165) is 22.4 Å². The van der Waals surface area contributed by atoms with Gasteiger partial charge in [0.15, 0.2) is 0 Å². The number of aromatic amines is 1. The van der Waals surface area contributed by atoms with Crippen molar-refractivity contribution in [2.75, 3.05) is 0 Å². The third-order valence-electron chi connectivity index (χ3n) is 2.66. The van der Waals surface area contributed by atoms with Gasteiger partial charge in [0.25, 0.3) is 0 Å². The second kappa shape index (κ2) is 3.04. The monoisotopic (exact) mass is 231 g/mol. The highest BCUT2D eigenvalue weighted by molar-refractivity contribution is 7.17. The molecule has 0 saturated carbocycles. The summed E-state index contributed by atoms with van der Waals surface area (Å²) in [6.07, 6.45) is 0. The molecule has 0 saturated heterocycles. The molecule has 3 aromatic rings. The van der Waals surface area contributed by atoms with E-state index in [9.17, 15) is 0 Å². The number of fused-ring (bicyclic) bond motifs is 3. The molecule has 2 heterocycles. The summed E-state index contributed by atoms with van der Waals surface area (Å²) < 4.78 is 1.19. The first-order chi connectivity index (χ1) is 7.55. The van der Waals surface area contributed by atoms with E-state index in [1.807, 2.05) is 17.6 Å². The Morgan fingerprint density at radius 2 is 1.94 bits per heavy atom. The number of nitrogens with zero attached hydrogens (tertiary/aromatic N) is 2. The quantitative estimate of drug-likeness (QED) is 0.643. The van der Waals surface area contributed by atoms with E-state index in [4.69, 9.17) is 0 Å². The van der Waals surface area contributed by atoms with Crippen LogP contribution in [0.15, 0.2) is 17.6 Å². The lowest BCUT2D eigenvalue weighted by Crippen LogP contribution is -2.12. The van der Waals surface area contributed by atoms with Crippen LogP contribution < -0.4 is 0 Å². The zero-order valence-electron chi connectivity index (χ0n) is 9.53. The third kappa shape index (κ3) is 1.33. The average Bonchev–Trinajstić information content (AvgIpc) is 2.81. The third-order valence-corrected chi connectivity index (χ3v) is 3.52. The van der Waals surface area contributed by atoms with Crippen molar-refractivity contribution >= 4 is 32.6 Å². The van der Waals surface area contributed by atoms with Crippen LogP contribution in [0.4, 0.5) is 0 Å². The van der Waals surface area contributed by atoms with Gasteiger partial charge in [0.05, 0.1) is 26.8 Å². The van der Waals surface area contributed by atoms with Gasteiger partial charge in [-0.3, -0.25) is 0 Å². The molecule has 1 aromatic carbocycles. The summed E-state index contributed by atoms with van der Waals surface area (Å²) in [5.41, 5.74) is 5.12. The van der Waals surface area contributed by atoms with E-state index in [1.54, 1.807) is 11.3 Å². The van der Waals surface area contributed by atoms with Crippen molar-refractivity contribution in [2.45, 2.75) is 26.2 Å². The molecule has 0 radical (unpaired) electrons. The summed E-state index contributed by atoms with van der Waals surface area (Å²) in [5.74, 6) is 1.03. The van der Waals surface area contributed by atoms with Gasteiger partial charge >= 0.3 is 0 Å². The molecule has 0 bridgehead atoms. The van der Waals surface area contributed by atoms with Crippen molar-refractivity contribution in [3.05, 3.63) is 23.5 Å². The van der Waals surface area contributed by atoms with E-state index < -0.39 is 0 Å². The summed E-state index contributed by atoms with van der Waals surface area (Å²) in [6, 6.07) is 4.06. The van der Waals surface area contributed by atoms with Gasteiger partial charge in [0.1, 0.15) is 5.82 Å². The maximum atomic E-state index is 4.64. The fraction of sp³-hybridized carbons (Fsp3) is 0.333. The molecule has 82 valence electrons. The van der Waals surface area contributed by atoms with Gasteiger partial charge in [-0.05, 0) is 12.1 Å². The minimum absolute atomic E-state index is 0.0516. The van der Waals surface area contributed by atoms with Crippen molar-refractivity contribution in [2.24, 2.45) is 0 Å². The number of hydrogen-bond acceptors (Lipinski definition) is 3. The van der Waals surface area contributed by atoms with Crippen LogP contribution in [0.25, 0.3) is 21.3 Å². The molecular weight excluding hydrogens is 218 g/mol. The second-order valence-electron chi connectivity index (χ2n) is 5.00. The van der Waals surface area contributed by atoms with Gasteiger partial charge in [-0.25, -0.2) is 9.97 Å². The van der Waals surface area contributed by atoms with Gasteiger partial charge in [0, 0.05) is 5.41 Å². The van der Waals surface area contributed by atoms with E-state index in [-0.39, 0.29) is 5.41 Å². The van der Waals surface area contributed by atoms with E-state index >= 15 is 0 Å². The van der Waals surface area contributed by atoms with Crippen LogP contribution in [0.5, 0.6) is 0 Å². The molecule has 4 heteroatoms. The Hall–Kier alpha value is -1.42. The molecule has 0 aliphatic heterocycles. The van der Waals surface area contributed by atoms with Crippen molar-refractivity contribution in [3.8, 4) is 0 Å². The topological polar surface area (TPSA) is 41.6 Å². The Morgan fingerprint density at radius 3 is 2.69 bits per heavy atom. The van der Waals surface area contributed by atoms with Gasteiger partial charge in [0.2, 0.25) is 0 Å². The SMILES string of the molecule is CC(C)(C)c1nc2ccc3ncsc3c2[nH]1. The van der Waals surface area contributed by atoms with Crippen molar-refractivity contribution in [1.82, 2.24) is 15.0 Å². The number of benzene rings is 1. The standard InChI is InChI=1S/C12H13N3S/c1-12(2,3)11-14-7-4-5-8-10(9(7)15-11)16-6-13-8/h4-6H,1-3H3,(H,14,15). The lowest BCUT2D eigenvalue weighted by molar-refractivity contribution is 0.554. The maximum Gasteiger partial charge on any atom is 0.112 e. The predicted molar refractivity (Wildman–Crippen MR) is 68.0 cm³/mol. The average molecular weight is 231 g/mol. The zero-order chi connectivity index (χ0) is 11.3. The normalized spacial score (nSPS) is 12.7. The Kier molecular flexibility index (Phi) is 1.86. The van der Waals surface area contributed by atoms with Gasteiger partial charge < -0.3 is 4.98 Å². The Bertz CT molecular complexity index is 658. The van der Waals surface area contributed by atoms with Crippen LogP contribution in [-0.2, 0) is 5.41 Å². The summed E-state index contributed by atoms with van der Waals surface area (Å²) in [7, 11) is 0. The Morgan fingerprint density at radius 1 is 1.19 bits per heavy atom. The highest BCUT2D eigenvalue weighted by Gasteiger charge is 2.19. The minimum atomic E-state index is 0.0516. The molecule has 2 aromatic heterocycles. The zero-order valence-corrected chi connectivity index (χ0v) is 10.4. The highest BCUT2D eigenvalue weighted by Crippen LogP contribution is 2.29. The molecule has 1 N–H and O–H groups in total. The second-order valence-corrected chi connectivity index (χ2v) is 5.85. The van der Waals surface area contributed by atoms with Crippen LogP contribution in [0, 0.1) is 0 Å². The molecular formula is C12H13N3S. The smallest absolute Gasteiger partial charge is 0.112 e. The fourth-order valence-corrected chi connectivity index (χ4v) is 2.54. The number of H-pyrrole nitrogens is 1. The van der Waals surface area contributed by atoms with Crippen LogP contribution in [0.1, 0.15) is 26.6 Å². The van der Waals surface area contributed by atoms with Crippen LogP contribution in [0.3, 0.4) is 0 Å². The minimum Gasteiger partial charge on any atom is -0.340 e. The molecule has 16 heavy (non-hydrogen) atoms. The van der Waals surface area contributed by atoms with Crippen LogP contribution in [0.2, 0.25) is 0 Å². The summed E-state index contributed by atoms with van der Waals surface area (Å²) in [6.45, 7) is 6.48. The molecule has 0 unspecified atom stereocenters. The molecule has 3 nitrogen and oxygen atoms in total. The fourth-order valence-electron chi connectivity index (χ4n) is 1.75. The molecule has 3 rings (SSSR count). The number of nitrogens with one attached hydrogen (secondary N) is 1. The number of thiazole rings is 1. The van der Waals surface area contributed by atoms with Crippen molar-refractivity contribution in [1.29, 1.82) is 0 Å². The predicted octanol–water partition coefficient (Wildman–Crippen LogP) is 3.47. The highest BCUT2D eigenvalue weighted by atomic mass is 32.1. The molecule has 0 spiro atoms. The van der Waals surface area contributed by atoms with Crippen LogP contribution in [-0.4, -0.2) is 15.0 Å². The summed E-state index contributed by atoms with van der Waals surface area (Å²) in [5, 5.41) is 0. The van der Waals surface area contributed by atoms with E-state index in [2.05, 4.69) is 35.7 Å². The first-order valence-corrected chi connectivity index (χ1v) is 6.16.